The van der Waals surface area contributed by atoms with Gasteiger partial charge in [-0.05, 0) is 12.1 Å². The molecule has 7 heteroatoms. The number of nitrogens with zero attached hydrogens (tertiary/aromatic N) is 1. The van der Waals surface area contributed by atoms with Gasteiger partial charge in [0.05, 0.1) is 24.7 Å². The van der Waals surface area contributed by atoms with Crippen molar-refractivity contribution in [2.75, 3.05) is 11.9 Å². The lowest BCUT2D eigenvalue weighted by atomic mass is 10.4. The average Bonchev–Trinajstić information content (AvgIpc) is 2.97. The van der Waals surface area contributed by atoms with Gasteiger partial charge in [-0.3, -0.25) is 14.7 Å². The second kappa shape index (κ2) is 4.97. The van der Waals surface area contributed by atoms with Crippen LogP contribution in [0.3, 0.4) is 0 Å². The lowest BCUT2D eigenvalue weighted by molar-refractivity contribution is -0.115. The van der Waals surface area contributed by atoms with Gasteiger partial charge in [0.25, 0.3) is 5.91 Å². The van der Waals surface area contributed by atoms with Crippen molar-refractivity contribution in [3.63, 3.8) is 0 Å². The molecule has 2 amide bonds. The molecule has 0 aliphatic rings. The van der Waals surface area contributed by atoms with Gasteiger partial charge in [0, 0.05) is 6.20 Å². The van der Waals surface area contributed by atoms with Gasteiger partial charge in [0.1, 0.15) is 0 Å². The summed E-state index contributed by atoms with van der Waals surface area (Å²) in [5.74, 6) is -0.607. The quantitative estimate of drug-likeness (QED) is 0.711. The number of furan rings is 1. The molecule has 0 atom stereocenters. The van der Waals surface area contributed by atoms with Crippen molar-refractivity contribution in [2.24, 2.45) is 0 Å². The van der Waals surface area contributed by atoms with E-state index in [4.69, 9.17) is 4.42 Å². The van der Waals surface area contributed by atoms with E-state index in [2.05, 4.69) is 20.8 Å². The first kappa shape index (κ1) is 10.9. The number of carbonyl (C=O) groups excluding carboxylic acids is 2. The van der Waals surface area contributed by atoms with Crippen molar-refractivity contribution in [1.29, 1.82) is 0 Å². The van der Waals surface area contributed by atoms with Gasteiger partial charge in [-0.25, -0.2) is 0 Å². The molecular weight excluding hydrogens is 224 g/mol. The summed E-state index contributed by atoms with van der Waals surface area (Å²) in [5.41, 5.74) is 0.544. The van der Waals surface area contributed by atoms with Crippen LogP contribution in [0.4, 0.5) is 5.69 Å². The van der Waals surface area contributed by atoms with E-state index in [-0.39, 0.29) is 18.2 Å². The predicted molar refractivity (Wildman–Crippen MR) is 58.3 cm³/mol. The zero-order chi connectivity index (χ0) is 12.1. The molecule has 2 aromatic heterocycles. The van der Waals surface area contributed by atoms with Crippen LogP contribution in [0.1, 0.15) is 10.6 Å². The van der Waals surface area contributed by atoms with Gasteiger partial charge in [-0.2, -0.15) is 5.10 Å². The van der Waals surface area contributed by atoms with Gasteiger partial charge in [0.15, 0.2) is 5.76 Å². The molecule has 0 bridgehead atoms. The summed E-state index contributed by atoms with van der Waals surface area (Å²) in [6, 6.07) is 3.11. The fraction of sp³-hybridized carbons (Fsp3) is 0.100. The Morgan fingerprint density at radius 3 is 3.00 bits per heavy atom. The second-order valence-electron chi connectivity index (χ2n) is 3.20. The van der Waals surface area contributed by atoms with Crippen LogP contribution in [0, 0.1) is 0 Å². The number of hydrogen-bond donors (Lipinski definition) is 3. The predicted octanol–water partition coefficient (Wildman–Crippen LogP) is 0.371. The van der Waals surface area contributed by atoms with E-state index in [1.807, 2.05) is 0 Å². The zero-order valence-electron chi connectivity index (χ0n) is 8.77. The van der Waals surface area contributed by atoms with Crippen LogP contribution < -0.4 is 10.6 Å². The molecule has 0 aromatic carbocycles. The largest absolute Gasteiger partial charge is 0.459 e. The number of H-pyrrole nitrogens is 1. The van der Waals surface area contributed by atoms with E-state index in [0.29, 0.717) is 5.69 Å². The number of aromatic nitrogens is 2. The molecule has 7 nitrogen and oxygen atoms in total. The maximum atomic E-state index is 11.4. The number of hydrogen-bond acceptors (Lipinski definition) is 4. The first-order chi connectivity index (χ1) is 8.25. The van der Waals surface area contributed by atoms with E-state index < -0.39 is 5.91 Å². The SMILES string of the molecule is O=C(CNC(=O)c1ccco1)Nc1cn[nH]c1. The molecule has 0 unspecified atom stereocenters. The second-order valence-corrected chi connectivity index (χ2v) is 3.20. The van der Waals surface area contributed by atoms with Crippen LogP contribution in [0.5, 0.6) is 0 Å². The summed E-state index contributed by atoms with van der Waals surface area (Å²) in [6.07, 6.45) is 4.39. The monoisotopic (exact) mass is 234 g/mol. The van der Waals surface area contributed by atoms with Crippen molar-refractivity contribution in [3.05, 3.63) is 36.5 Å². The van der Waals surface area contributed by atoms with Crippen LogP contribution in [0.15, 0.2) is 35.2 Å². The van der Waals surface area contributed by atoms with Gasteiger partial charge in [0.2, 0.25) is 5.91 Å². The highest BCUT2D eigenvalue weighted by molar-refractivity contribution is 5.97. The molecular formula is C10H10N4O3. The molecule has 3 N–H and O–H groups in total. The molecule has 17 heavy (non-hydrogen) atoms. The Morgan fingerprint density at radius 2 is 2.35 bits per heavy atom. The van der Waals surface area contributed by atoms with Crippen molar-refractivity contribution >= 4 is 17.5 Å². The molecule has 0 aliphatic heterocycles. The average molecular weight is 234 g/mol. The summed E-state index contributed by atoms with van der Waals surface area (Å²) >= 11 is 0. The molecule has 0 radical (unpaired) electrons. The fourth-order valence-corrected chi connectivity index (χ4v) is 1.18. The molecule has 2 aromatic rings. The lowest BCUT2D eigenvalue weighted by Crippen LogP contribution is -2.32. The first-order valence-corrected chi connectivity index (χ1v) is 4.86. The van der Waals surface area contributed by atoms with E-state index in [1.165, 1.54) is 24.7 Å². The van der Waals surface area contributed by atoms with Crippen LogP contribution in [-0.2, 0) is 4.79 Å². The van der Waals surface area contributed by atoms with E-state index in [9.17, 15) is 9.59 Å². The Labute approximate surface area is 96.2 Å². The minimum atomic E-state index is -0.433. The third-order valence-electron chi connectivity index (χ3n) is 1.94. The fourth-order valence-electron chi connectivity index (χ4n) is 1.18. The van der Waals surface area contributed by atoms with Crippen LogP contribution in [0.2, 0.25) is 0 Å². The first-order valence-electron chi connectivity index (χ1n) is 4.86. The Kier molecular flexibility index (Phi) is 3.20. The lowest BCUT2D eigenvalue weighted by Gasteiger charge is -2.03. The molecule has 0 saturated carbocycles. The highest BCUT2D eigenvalue weighted by Crippen LogP contribution is 2.01. The van der Waals surface area contributed by atoms with Crippen molar-refractivity contribution in [3.8, 4) is 0 Å². The van der Waals surface area contributed by atoms with Crippen LogP contribution >= 0.6 is 0 Å². The summed E-state index contributed by atoms with van der Waals surface area (Å²) < 4.78 is 4.87. The Morgan fingerprint density at radius 1 is 1.47 bits per heavy atom. The number of aromatic amines is 1. The van der Waals surface area contributed by atoms with Gasteiger partial charge >= 0.3 is 0 Å². The number of anilines is 1. The summed E-state index contributed by atoms with van der Waals surface area (Å²) in [7, 11) is 0. The zero-order valence-corrected chi connectivity index (χ0v) is 8.77. The normalized spacial score (nSPS) is 9.88. The number of rotatable bonds is 4. The van der Waals surface area contributed by atoms with E-state index in [1.54, 1.807) is 6.07 Å². The van der Waals surface area contributed by atoms with Gasteiger partial charge in [-0.15, -0.1) is 0 Å². The van der Waals surface area contributed by atoms with Gasteiger partial charge in [-0.1, -0.05) is 0 Å². The molecule has 88 valence electrons. The van der Waals surface area contributed by atoms with Crippen LogP contribution in [-0.4, -0.2) is 28.6 Å². The molecule has 0 aliphatic carbocycles. The standard InChI is InChI=1S/C10H10N4O3/c15-9(14-7-4-12-13-5-7)6-11-10(16)8-2-1-3-17-8/h1-5H,6H2,(H,11,16)(H,12,13)(H,14,15). The van der Waals surface area contributed by atoms with Crippen molar-refractivity contribution in [2.45, 2.75) is 0 Å². The molecule has 2 heterocycles. The minimum absolute atomic E-state index is 0.134. The molecule has 0 saturated heterocycles. The maximum Gasteiger partial charge on any atom is 0.287 e. The number of nitrogens with one attached hydrogen (secondary N) is 3. The minimum Gasteiger partial charge on any atom is -0.459 e. The molecule has 0 spiro atoms. The van der Waals surface area contributed by atoms with E-state index in [0.717, 1.165) is 0 Å². The van der Waals surface area contributed by atoms with Crippen LogP contribution in [0.25, 0.3) is 0 Å². The van der Waals surface area contributed by atoms with Crippen molar-refractivity contribution < 1.29 is 14.0 Å². The third-order valence-corrected chi connectivity index (χ3v) is 1.94. The maximum absolute atomic E-state index is 11.4. The smallest absolute Gasteiger partial charge is 0.287 e. The van der Waals surface area contributed by atoms with Crippen molar-refractivity contribution in [1.82, 2.24) is 15.5 Å². The highest BCUT2D eigenvalue weighted by atomic mass is 16.3. The summed E-state index contributed by atoms with van der Waals surface area (Å²) in [4.78, 5) is 22.8. The molecule has 2 rings (SSSR count). The van der Waals surface area contributed by atoms with E-state index >= 15 is 0 Å². The highest BCUT2D eigenvalue weighted by Gasteiger charge is 2.10. The molecule has 0 fully saturated rings. The Bertz CT molecular complexity index is 490. The topological polar surface area (TPSA) is 100 Å². The summed E-state index contributed by atoms with van der Waals surface area (Å²) in [6.45, 7) is -0.134. The number of carbonyl (C=O) groups is 2. The Hall–Kier alpha value is -2.57. The Balaban J connectivity index is 1.79. The third kappa shape index (κ3) is 2.94. The van der Waals surface area contributed by atoms with Gasteiger partial charge < -0.3 is 15.1 Å². The number of amides is 2. The summed E-state index contributed by atoms with van der Waals surface area (Å²) in [5, 5.41) is 11.2.